The van der Waals surface area contributed by atoms with Crippen molar-refractivity contribution in [1.82, 2.24) is 0 Å². The van der Waals surface area contributed by atoms with Crippen LogP contribution in [0.2, 0.25) is 5.02 Å². The number of halogens is 3. The van der Waals surface area contributed by atoms with Gasteiger partial charge in [0.1, 0.15) is 17.3 Å². The average molecular weight is 365 g/mol. The summed E-state index contributed by atoms with van der Waals surface area (Å²) in [5.74, 6) is 2.23. The summed E-state index contributed by atoms with van der Waals surface area (Å²) in [6, 6.07) is 6.52. The molecule has 0 spiro atoms. The fourth-order valence-corrected chi connectivity index (χ4v) is 3.02. The van der Waals surface area contributed by atoms with Gasteiger partial charge >= 0.3 is 0 Å². The van der Waals surface area contributed by atoms with E-state index >= 15 is 0 Å². The second-order valence-corrected chi connectivity index (χ2v) is 6.03. The Labute approximate surface area is 128 Å². The largest absolute Gasteiger partial charge is 0.463 e. The zero-order valence-corrected chi connectivity index (χ0v) is 13.3. The van der Waals surface area contributed by atoms with E-state index in [-0.39, 0.29) is 5.82 Å². The van der Waals surface area contributed by atoms with Crippen LogP contribution in [0.25, 0.3) is 0 Å². The smallest absolute Gasteiger partial charge is 0.125 e. The van der Waals surface area contributed by atoms with Crippen molar-refractivity contribution < 1.29 is 8.81 Å². The van der Waals surface area contributed by atoms with Crippen LogP contribution < -0.4 is 5.32 Å². The van der Waals surface area contributed by atoms with Crippen LogP contribution in [0.1, 0.15) is 11.5 Å². The number of rotatable bonds is 5. The molecule has 19 heavy (non-hydrogen) atoms. The predicted molar refractivity (Wildman–Crippen MR) is 82.4 cm³/mol. The molecule has 0 aliphatic carbocycles. The van der Waals surface area contributed by atoms with Crippen molar-refractivity contribution in [3.8, 4) is 0 Å². The number of hydrogen-bond donors (Lipinski definition) is 1. The van der Waals surface area contributed by atoms with E-state index in [1.807, 2.05) is 18.4 Å². The van der Waals surface area contributed by atoms with Crippen LogP contribution in [-0.2, 0) is 12.3 Å². The Hall–Kier alpha value is -0.650. The third kappa shape index (κ3) is 3.91. The van der Waals surface area contributed by atoms with Crippen molar-refractivity contribution in [1.29, 1.82) is 0 Å². The molecule has 0 atom stereocenters. The monoisotopic (exact) mass is 363 g/mol. The molecule has 2 nitrogen and oxygen atoms in total. The van der Waals surface area contributed by atoms with Crippen molar-refractivity contribution in [2.45, 2.75) is 12.3 Å². The molecule has 0 fully saturated rings. The SMILES string of the molecule is CSCc1ccc(CNc2c(Cl)cc(F)cc2Br)o1. The summed E-state index contributed by atoms with van der Waals surface area (Å²) in [4.78, 5) is 0. The summed E-state index contributed by atoms with van der Waals surface area (Å²) in [7, 11) is 0. The van der Waals surface area contributed by atoms with Crippen molar-refractivity contribution in [3.05, 3.63) is 51.1 Å². The molecule has 1 aromatic heterocycles. The fourth-order valence-electron chi connectivity index (χ4n) is 1.62. The number of hydrogen-bond acceptors (Lipinski definition) is 3. The minimum absolute atomic E-state index is 0.336. The topological polar surface area (TPSA) is 25.2 Å². The van der Waals surface area contributed by atoms with Crippen LogP contribution in [0.15, 0.2) is 33.2 Å². The molecule has 0 radical (unpaired) electrons. The van der Waals surface area contributed by atoms with E-state index < -0.39 is 0 Å². The van der Waals surface area contributed by atoms with Crippen molar-refractivity contribution in [2.24, 2.45) is 0 Å². The molecule has 0 saturated carbocycles. The van der Waals surface area contributed by atoms with Crippen LogP contribution in [0, 0.1) is 5.82 Å². The summed E-state index contributed by atoms with van der Waals surface area (Å²) in [6.07, 6.45) is 2.02. The first-order valence-electron chi connectivity index (χ1n) is 5.55. The van der Waals surface area contributed by atoms with Gasteiger partial charge in [-0.25, -0.2) is 4.39 Å². The van der Waals surface area contributed by atoms with E-state index in [1.165, 1.54) is 12.1 Å². The van der Waals surface area contributed by atoms with Crippen molar-refractivity contribution >= 4 is 45.0 Å². The Kier molecular flexibility index (Phi) is 5.19. The summed E-state index contributed by atoms with van der Waals surface area (Å²) < 4.78 is 19.3. The Morgan fingerprint density at radius 3 is 2.79 bits per heavy atom. The highest BCUT2D eigenvalue weighted by Gasteiger charge is 2.09. The summed E-state index contributed by atoms with van der Waals surface area (Å²) >= 11 is 11.0. The lowest BCUT2D eigenvalue weighted by atomic mass is 10.3. The third-order valence-corrected chi connectivity index (χ3v) is 3.95. The van der Waals surface area contributed by atoms with E-state index in [1.54, 1.807) is 11.8 Å². The highest BCUT2D eigenvalue weighted by Crippen LogP contribution is 2.32. The van der Waals surface area contributed by atoms with E-state index in [0.717, 1.165) is 17.3 Å². The molecule has 0 unspecified atom stereocenters. The van der Waals surface area contributed by atoms with Crippen LogP contribution in [0.4, 0.5) is 10.1 Å². The molecule has 1 N–H and O–H groups in total. The first-order valence-corrected chi connectivity index (χ1v) is 8.11. The molecular weight excluding hydrogens is 353 g/mol. The van der Waals surface area contributed by atoms with Gasteiger partial charge in [0.15, 0.2) is 0 Å². The summed E-state index contributed by atoms with van der Waals surface area (Å²) in [5.41, 5.74) is 0.658. The van der Waals surface area contributed by atoms with Crippen LogP contribution in [0.3, 0.4) is 0 Å². The Balaban J connectivity index is 2.05. The van der Waals surface area contributed by atoms with Gasteiger partial charge in [-0.15, -0.1) is 0 Å². The number of nitrogens with one attached hydrogen (secondary N) is 1. The average Bonchev–Trinajstić information content (AvgIpc) is 2.76. The normalized spacial score (nSPS) is 10.7. The highest BCUT2D eigenvalue weighted by molar-refractivity contribution is 9.10. The number of thioether (sulfide) groups is 1. The first-order chi connectivity index (χ1) is 9.10. The van der Waals surface area contributed by atoms with Gasteiger partial charge in [0.05, 0.1) is 23.0 Å². The maximum Gasteiger partial charge on any atom is 0.125 e. The second kappa shape index (κ2) is 6.68. The van der Waals surface area contributed by atoms with Crippen molar-refractivity contribution in [2.75, 3.05) is 11.6 Å². The quantitative estimate of drug-likeness (QED) is 0.778. The Bertz CT molecular complexity index is 553. The first kappa shape index (κ1) is 14.8. The molecule has 0 aliphatic heterocycles. The van der Waals surface area contributed by atoms with Crippen LogP contribution in [-0.4, -0.2) is 6.26 Å². The lowest BCUT2D eigenvalue weighted by Gasteiger charge is -2.09. The van der Waals surface area contributed by atoms with Crippen LogP contribution in [0.5, 0.6) is 0 Å². The summed E-state index contributed by atoms with van der Waals surface area (Å²) in [6.45, 7) is 0.498. The van der Waals surface area contributed by atoms with Gasteiger partial charge in [-0.1, -0.05) is 11.6 Å². The van der Waals surface area contributed by atoms with E-state index in [4.69, 9.17) is 16.0 Å². The van der Waals surface area contributed by atoms with E-state index in [0.29, 0.717) is 21.7 Å². The molecule has 2 aromatic rings. The molecule has 1 heterocycles. The molecule has 0 amide bonds. The van der Waals surface area contributed by atoms with Crippen LogP contribution >= 0.6 is 39.3 Å². The number of benzene rings is 1. The zero-order chi connectivity index (χ0) is 13.8. The third-order valence-electron chi connectivity index (χ3n) is 2.45. The molecule has 1 aromatic carbocycles. The Morgan fingerprint density at radius 2 is 2.11 bits per heavy atom. The van der Waals surface area contributed by atoms with Gasteiger partial charge in [-0.05, 0) is 46.5 Å². The molecule has 6 heteroatoms. The lowest BCUT2D eigenvalue weighted by molar-refractivity contribution is 0.487. The van der Waals surface area contributed by atoms with Gasteiger partial charge < -0.3 is 9.73 Å². The molecule has 0 bridgehead atoms. The standard InChI is InChI=1S/C13H12BrClFNOS/c1-19-7-10-3-2-9(18-10)6-17-13-11(14)4-8(16)5-12(13)15/h2-5,17H,6-7H2,1H3. The molecular formula is C13H12BrClFNOS. The second-order valence-electron chi connectivity index (χ2n) is 3.90. The van der Waals surface area contributed by atoms with Gasteiger partial charge in [0, 0.05) is 4.47 Å². The fraction of sp³-hybridized carbons (Fsp3) is 0.231. The maximum absolute atomic E-state index is 13.1. The Morgan fingerprint density at radius 1 is 1.37 bits per heavy atom. The van der Waals surface area contributed by atoms with E-state index in [9.17, 15) is 4.39 Å². The van der Waals surface area contributed by atoms with Gasteiger partial charge in [-0.3, -0.25) is 0 Å². The van der Waals surface area contributed by atoms with Gasteiger partial charge in [-0.2, -0.15) is 11.8 Å². The minimum atomic E-state index is -0.373. The molecule has 0 saturated heterocycles. The van der Waals surface area contributed by atoms with E-state index in [2.05, 4.69) is 21.2 Å². The molecule has 0 aliphatic rings. The minimum Gasteiger partial charge on any atom is -0.463 e. The van der Waals surface area contributed by atoms with Crippen molar-refractivity contribution in [3.63, 3.8) is 0 Å². The predicted octanol–water partition coefficient (Wildman–Crippen LogP) is 5.31. The molecule has 102 valence electrons. The maximum atomic E-state index is 13.1. The zero-order valence-electron chi connectivity index (χ0n) is 10.2. The van der Waals surface area contributed by atoms with Gasteiger partial charge in [0.2, 0.25) is 0 Å². The number of anilines is 1. The summed E-state index contributed by atoms with van der Waals surface area (Å²) in [5, 5.41) is 3.47. The molecule has 2 rings (SSSR count). The lowest BCUT2D eigenvalue weighted by Crippen LogP contribution is -2.00. The highest BCUT2D eigenvalue weighted by atomic mass is 79.9. The van der Waals surface area contributed by atoms with Gasteiger partial charge in [0.25, 0.3) is 0 Å². The number of furan rings is 1.